The Hall–Kier alpha value is -2.61. The lowest BCUT2D eigenvalue weighted by Crippen LogP contribution is -2.20. The van der Waals surface area contributed by atoms with Gasteiger partial charge in [-0.15, -0.1) is 4.40 Å². The van der Waals surface area contributed by atoms with E-state index in [9.17, 15) is 13.2 Å². The predicted molar refractivity (Wildman–Crippen MR) is 89.6 cm³/mol. The van der Waals surface area contributed by atoms with Crippen LogP contribution in [0.4, 0.5) is 5.69 Å². The Morgan fingerprint density at radius 1 is 1.25 bits per heavy atom. The third-order valence-corrected chi connectivity index (χ3v) is 5.07. The molecular formula is C16H17N3O4S. The minimum Gasteiger partial charge on any atom is -0.472 e. The molecule has 1 aliphatic rings. The summed E-state index contributed by atoms with van der Waals surface area (Å²) in [6.07, 6.45) is 4.31. The lowest BCUT2D eigenvalue weighted by Gasteiger charge is -2.11. The SMILES string of the molecule is CN1CCC/C1=N/S(=O)(=O)c1ccc(NC(=O)c2ccoc2)cc1. The third kappa shape index (κ3) is 3.48. The second kappa shape index (κ2) is 6.48. The van der Waals surface area contributed by atoms with E-state index in [0.29, 0.717) is 23.5 Å². The number of hydrogen-bond acceptors (Lipinski definition) is 4. The van der Waals surface area contributed by atoms with E-state index in [4.69, 9.17) is 4.42 Å². The summed E-state index contributed by atoms with van der Waals surface area (Å²) in [6.45, 7) is 0.813. The Morgan fingerprint density at radius 2 is 2.00 bits per heavy atom. The van der Waals surface area contributed by atoms with Crippen LogP contribution in [0.3, 0.4) is 0 Å². The van der Waals surface area contributed by atoms with Crippen molar-refractivity contribution in [3.8, 4) is 0 Å². The van der Waals surface area contributed by atoms with Gasteiger partial charge in [0.05, 0.1) is 16.7 Å². The molecule has 1 amide bonds. The molecule has 2 aromatic rings. The van der Waals surface area contributed by atoms with Gasteiger partial charge in [0.15, 0.2) is 0 Å². The Bertz CT molecular complexity index is 855. The van der Waals surface area contributed by atoms with Gasteiger partial charge < -0.3 is 14.6 Å². The first-order valence-electron chi connectivity index (χ1n) is 7.44. The summed E-state index contributed by atoms with van der Waals surface area (Å²) < 4.78 is 33.4. The van der Waals surface area contributed by atoms with Crippen molar-refractivity contribution in [3.63, 3.8) is 0 Å². The number of likely N-dealkylation sites (tertiary alicyclic amines) is 1. The van der Waals surface area contributed by atoms with Crippen molar-refractivity contribution in [2.75, 3.05) is 18.9 Å². The minimum atomic E-state index is -3.75. The predicted octanol–water partition coefficient (Wildman–Crippen LogP) is 2.34. The molecule has 0 saturated carbocycles. The van der Waals surface area contributed by atoms with Crippen LogP contribution in [0.5, 0.6) is 0 Å². The summed E-state index contributed by atoms with van der Waals surface area (Å²) >= 11 is 0. The van der Waals surface area contributed by atoms with Crippen molar-refractivity contribution in [2.45, 2.75) is 17.7 Å². The summed E-state index contributed by atoms with van der Waals surface area (Å²) in [6, 6.07) is 7.47. The lowest BCUT2D eigenvalue weighted by molar-refractivity contribution is 0.102. The smallest absolute Gasteiger partial charge is 0.283 e. The van der Waals surface area contributed by atoms with Gasteiger partial charge in [-0.1, -0.05) is 0 Å². The molecule has 1 fully saturated rings. The number of amidine groups is 1. The Balaban J connectivity index is 1.75. The number of anilines is 1. The number of nitrogens with zero attached hydrogens (tertiary/aromatic N) is 2. The fraction of sp³-hybridized carbons (Fsp3) is 0.250. The fourth-order valence-corrected chi connectivity index (χ4v) is 3.50. The van der Waals surface area contributed by atoms with Gasteiger partial charge in [-0.05, 0) is 36.8 Å². The Morgan fingerprint density at radius 3 is 2.58 bits per heavy atom. The van der Waals surface area contributed by atoms with Crippen LogP contribution < -0.4 is 5.32 Å². The van der Waals surface area contributed by atoms with E-state index < -0.39 is 10.0 Å². The second-order valence-corrected chi connectivity index (χ2v) is 7.10. The van der Waals surface area contributed by atoms with Gasteiger partial charge in [0.1, 0.15) is 12.1 Å². The molecule has 1 aromatic heterocycles. The fourth-order valence-electron chi connectivity index (χ4n) is 2.41. The van der Waals surface area contributed by atoms with E-state index >= 15 is 0 Å². The highest BCUT2D eigenvalue weighted by Crippen LogP contribution is 2.19. The van der Waals surface area contributed by atoms with Gasteiger partial charge in [-0.25, -0.2) is 0 Å². The topological polar surface area (TPSA) is 92.0 Å². The molecule has 1 aliphatic heterocycles. The Kier molecular flexibility index (Phi) is 4.39. The molecule has 0 unspecified atom stereocenters. The van der Waals surface area contributed by atoms with Gasteiger partial charge in [-0.2, -0.15) is 8.42 Å². The molecule has 0 radical (unpaired) electrons. The largest absolute Gasteiger partial charge is 0.472 e. The average Bonchev–Trinajstić information content (AvgIpc) is 3.20. The maximum absolute atomic E-state index is 12.3. The second-order valence-electron chi connectivity index (χ2n) is 5.50. The molecule has 24 heavy (non-hydrogen) atoms. The Labute approximate surface area is 140 Å². The van der Waals surface area contributed by atoms with Crippen molar-refractivity contribution >= 4 is 27.5 Å². The molecule has 1 aromatic carbocycles. The molecule has 1 saturated heterocycles. The summed E-state index contributed by atoms with van der Waals surface area (Å²) in [5.41, 5.74) is 0.883. The maximum Gasteiger partial charge on any atom is 0.283 e. The highest BCUT2D eigenvalue weighted by molar-refractivity contribution is 7.90. The van der Waals surface area contributed by atoms with Crippen LogP contribution >= 0.6 is 0 Å². The normalized spacial score (nSPS) is 16.5. The summed E-state index contributed by atoms with van der Waals surface area (Å²) in [4.78, 5) is 13.8. The molecule has 0 bridgehead atoms. The van der Waals surface area contributed by atoms with Crippen LogP contribution in [0.2, 0.25) is 0 Å². The number of amides is 1. The zero-order valence-electron chi connectivity index (χ0n) is 13.1. The van der Waals surface area contributed by atoms with Crippen LogP contribution in [-0.4, -0.2) is 38.7 Å². The van der Waals surface area contributed by atoms with Crippen LogP contribution in [-0.2, 0) is 10.0 Å². The van der Waals surface area contributed by atoms with E-state index in [0.717, 1.165) is 13.0 Å². The number of sulfonamides is 1. The summed E-state index contributed by atoms with van der Waals surface area (Å²) in [5, 5.41) is 2.67. The molecule has 0 aliphatic carbocycles. The molecular weight excluding hydrogens is 330 g/mol. The number of carbonyl (C=O) groups excluding carboxylic acids is 1. The standard InChI is InChI=1S/C16H17N3O4S/c1-19-9-2-3-15(19)18-24(21,22)14-6-4-13(5-7-14)17-16(20)12-8-10-23-11-12/h4-8,10-11H,2-3,9H2,1H3,(H,17,20)/b18-15-. The average molecular weight is 347 g/mol. The van der Waals surface area contributed by atoms with Crippen LogP contribution in [0.1, 0.15) is 23.2 Å². The number of rotatable bonds is 4. The number of benzene rings is 1. The van der Waals surface area contributed by atoms with Crippen molar-refractivity contribution < 1.29 is 17.6 Å². The number of furan rings is 1. The quantitative estimate of drug-likeness (QED) is 0.916. The number of nitrogens with one attached hydrogen (secondary N) is 1. The lowest BCUT2D eigenvalue weighted by atomic mass is 10.3. The molecule has 7 nitrogen and oxygen atoms in total. The highest BCUT2D eigenvalue weighted by atomic mass is 32.2. The molecule has 0 spiro atoms. The molecule has 3 rings (SSSR count). The zero-order valence-corrected chi connectivity index (χ0v) is 13.9. The monoisotopic (exact) mass is 347 g/mol. The van der Waals surface area contributed by atoms with Gasteiger partial charge in [0.2, 0.25) is 0 Å². The summed E-state index contributed by atoms with van der Waals surface area (Å²) in [7, 11) is -1.92. The number of hydrogen-bond donors (Lipinski definition) is 1. The third-order valence-electron chi connectivity index (χ3n) is 3.75. The molecule has 2 heterocycles. The maximum atomic E-state index is 12.3. The van der Waals surface area contributed by atoms with Gasteiger partial charge >= 0.3 is 0 Å². The van der Waals surface area contributed by atoms with Gasteiger partial charge in [-0.3, -0.25) is 4.79 Å². The zero-order chi connectivity index (χ0) is 17.2. The van der Waals surface area contributed by atoms with E-state index in [1.165, 1.54) is 36.8 Å². The van der Waals surface area contributed by atoms with Crippen molar-refractivity contribution in [1.29, 1.82) is 0 Å². The van der Waals surface area contributed by atoms with E-state index in [2.05, 4.69) is 9.71 Å². The van der Waals surface area contributed by atoms with Crippen LogP contribution in [0, 0.1) is 0 Å². The van der Waals surface area contributed by atoms with E-state index in [-0.39, 0.29) is 10.8 Å². The van der Waals surface area contributed by atoms with Crippen LogP contribution in [0.15, 0.2) is 56.6 Å². The van der Waals surface area contributed by atoms with Gasteiger partial charge in [0, 0.05) is 25.7 Å². The highest BCUT2D eigenvalue weighted by Gasteiger charge is 2.20. The molecule has 1 N–H and O–H groups in total. The van der Waals surface area contributed by atoms with Gasteiger partial charge in [0.25, 0.3) is 15.9 Å². The minimum absolute atomic E-state index is 0.0941. The first kappa shape index (κ1) is 16.3. The van der Waals surface area contributed by atoms with Crippen LogP contribution in [0.25, 0.3) is 0 Å². The molecule has 0 atom stereocenters. The first-order valence-corrected chi connectivity index (χ1v) is 8.88. The van der Waals surface area contributed by atoms with E-state index in [1.807, 2.05) is 11.9 Å². The molecule has 8 heteroatoms. The first-order chi connectivity index (χ1) is 11.5. The van der Waals surface area contributed by atoms with Crippen molar-refractivity contribution in [3.05, 3.63) is 48.4 Å². The molecule has 126 valence electrons. The van der Waals surface area contributed by atoms with E-state index in [1.54, 1.807) is 6.07 Å². The van der Waals surface area contributed by atoms with Crippen molar-refractivity contribution in [2.24, 2.45) is 4.40 Å². The number of carbonyl (C=O) groups is 1. The van der Waals surface area contributed by atoms with Crippen molar-refractivity contribution in [1.82, 2.24) is 4.90 Å². The summed E-state index contributed by atoms with van der Waals surface area (Å²) in [5.74, 6) is 0.250.